The van der Waals surface area contributed by atoms with Crippen LogP contribution >= 0.6 is 0 Å². The van der Waals surface area contributed by atoms with Crippen LogP contribution in [0.5, 0.6) is 5.88 Å². The minimum atomic E-state index is -4.45. The highest BCUT2D eigenvalue weighted by Crippen LogP contribution is 2.21. The van der Waals surface area contributed by atoms with Crippen LogP contribution in [0.4, 0.5) is 19.0 Å². The predicted molar refractivity (Wildman–Crippen MR) is 104 cm³/mol. The molecule has 0 bridgehead atoms. The minimum absolute atomic E-state index is 0.154. The number of aryl methyl sites for hydroxylation is 1. The summed E-state index contributed by atoms with van der Waals surface area (Å²) in [5, 5.41) is 5.48. The zero-order chi connectivity index (χ0) is 22.3. The molecule has 2 aromatic rings. The van der Waals surface area contributed by atoms with Crippen molar-refractivity contribution in [1.29, 1.82) is 0 Å². The molecule has 7 nitrogen and oxygen atoms in total. The number of ether oxygens (including phenoxy) is 1. The second-order valence-corrected chi connectivity index (χ2v) is 6.55. The maximum absolute atomic E-state index is 12.7. The Kier molecular flexibility index (Phi) is 7.73. The van der Waals surface area contributed by atoms with Crippen molar-refractivity contribution < 1.29 is 27.5 Å². The number of nitrogens with zero attached hydrogens (tertiary/aromatic N) is 2. The first-order valence-corrected chi connectivity index (χ1v) is 9.36. The number of anilines is 1. The van der Waals surface area contributed by atoms with Gasteiger partial charge in [-0.15, -0.1) is 0 Å². The molecule has 1 unspecified atom stereocenters. The lowest BCUT2D eigenvalue weighted by Crippen LogP contribution is -2.28. The Hall–Kier alpha value is -3.17. The lowest BCUT2D eigenvalue weighted by molar-refractivity contribution is -0.154. The van der Waals surface area contributed by atoms with Crippen LogP contribution in [0, 0.1) is 6.92 Å². The Morgan fingerprint density at radius 3 is 2.50 bits per heavy atom. The summed E-state index contributed by atoms with van der Waals surface area (Å²) in [6, 6.07) is 5.54. The first-order chi connectivity index (χ1) is 14.1. The van der Waals surface area contributed by atoms with E-state index < -0.39 is 18.8 Å². The summed E-state index contributed by atoms with van der Waals surface area (Å²) >= 11 is 0. The van der Waals surface area contributed by atoms with Gasteiger partial charge in [0.2, 0.25) is 11.8 Å². The highest BCUT2D eigenvalue weighted by Gasteiger charge is 2.28. The highest BCUT2D eigenvalue weighted by molar-refractivity contribution is 5.96. The van der Waals surface area contributed by atoms with E-state index in [0.29, 0.717) is 23.2 Å². The van der Waals surface area contributed by atoms with Gasteiger partial charge in [0.25, 0.3) is 5.91 Å². The number of hydrogen-bond donors (Lipinski definition) is 2. The number of halogens is 3. The average molecular weight is 424 g/mol. The van der Waals surface area contributed by atoms with Gasteiger partial charge >= 0.3 is 6.18 Å². The van der Waals surface area contributed by atoms with Crippen molar-refractivity contribution in [1.82, 2.24) is 15.3 Å². The smallest absolute Gasteiger partial charge is 0.422 e. The number of carbonyl (C=O) groups excluding carboxylic acids is 2. The van der Waals surface area contributed by atoms with Gasteiger partial charge in [0.1, 0.15) is 5.82 Å². The molecule has 162 valence electrons. The molecule has 0 radical (unpaired) electrons. The highest BCUT2D eigenvalue weighted by atomic mass is 19.4. The normalized spacial score (nSPS) is 12.2. The number of rotatable bonds is 8. The van der Waals surface area contributed by atoms with Crippen molar-refractivity contribution in [3.8, 4) is 5.88 Å². The molecule has 2 amide bonds. The molecule has 1 atom stereocenters. The van der Waals surface area contributed by atoms with E-state index in [-0.39, 0.29) is 29.9 Å². The van der Waals surface area contributed by atoms with E-state index in [1.807, 2.05) is 6.92 Å². The maximum Gasteiger partial charge on any atom is 0.422 e. The first-order valence-electron chi connectivity index (χ1n) is 9.36. The second kappa shape index (κ2) is 10.0. The molecule has 30 heavy (non-hydrogen) atoms. The predicted octanol–water partition coefficient (Wildman–Crippen LogP) is 3.96. The van der Waals surface area contributed by atoms with Gasteiger partial charge in [0.15, 0.2) is 6.61 Å². The summed E-state index contributed by atoms with van der Waals surface area (Å²) in [5.74, 6) is -0.465. The molecule has 2 N–H and O–H groups in total. The third-order valence-corrected chi connectivity index (χ3v) is 4.06. The molecule has 10 heteroatoms. The molecule has 0 aliphatic heterocycles. The SMILES string of the molecule is CCC(=O)Nc1cc(C(=O)NC(CC)c2ccc(OCC(F)(F)F)nc2)cc(C)n1. The van der Waals surface area contributed by atoms with E-state index in [1.165, 1.54) is 18.3 Å². The van der Waals surface area contributed by atoms with Gasteiger partial charge in [-0.05, 0) is 31.0 Å². The quantitative estimate of drug-likeness (QED) is 0.669. The zero-order valence-corrected chi connectivity index (χ0v) is 16.8. The van der Waals surface area contributed by atoms with Crippen LogP contribution in [0.1, 0.15) is 54.3 Å². The van der Waals surface area contributed by atoms with Crippen molar-refractivity contribution in [2.24, 2.45) is 0 Å². The van der Waals surface area contributed by atoms with Gasteiger partial charge in [0.05, 0.1) is 6.04 Å². The van der Waals surface area contributed by atoms with Crippen LogP contribution in [0.3, 0.4) is 0 Å². The van der Waals surface area contributed by atoms with Crippen molar-refractivity contribution in [3.05, 3.63) is 47.3 Å². The Morgan fingerprint density at radius 2 is 1.93 bits per heavy atom. The van der Waals surface area contributed by atoms with Crippen molar-refractivity contribution in [2.45, 2.75) is 45.8 Å². The van der Waals surface area contributed by atoms with Gasteiger partial charge in [-0.1, -0.05) is 19.9 Å². The molecule has 0 fully saturated rings. The molecule has 2 heterocycles. The fourth-order valence-electron chi connectivity index (χ4n) is 2.60. The number of pyridine rings is 2. The summed E-state index contributed by atoms with van der Waals surface area (Å²) in [4.78, 5) is 32.3. The summed E-state index contributed by atoms with van der Waals surface area (Å²) in [7, 11) is 0. The number of carbonyl (C=O) groups is 2. The summed E-state index contributed by atoms with van der Waals surface area (Å²) in [5.41, 5.74) is 1.51. The maximum atomic E-state index is 12.7. The van der Waals surface area contributed by atoms with Gasteiger partial charge in [0, 0.05) is 29.9 Å². The van der Waals surface area contributed by atoms with Gasteiger partial charge in [-0.25, -0.2) is 9.97 Å². The van der Waals surface area contributed by atoms with Crippen molar-refractivity contribution in [3.63, 3.8) is 0 Å². The first kappa shape index (κ1) is 23.1. The molecule has 0 aliphatic rings. The van der Waals surface area contributed by atoms with Crippen LogP contribution in [0.25, 0.3) is 0 Å². The molecule has 0 saturated heterocycles. The zero-order valence-electron chi connectivity index (χ0n) is 16.8. The van der Waals surface area contributed by atoms with E-state index in [9.17, 15) is 22.8 Å². The lowest BCUT2D eigenvalue weighted by Gasteiger charge is -2.18. The Balaban J connectivity index is 2.10. The molecule has 2 rings (SSSR count). The Bertz CT molecular complexity index is 886. The number of aromatic nitrogens is 2. The number of alkyl halides is 3. The van der Waals surface area contributed by atoms with Gasteiger partial charge in [-0.3, -0.25) is 9.59 Å². The molecule has 0 aromatic carbocycles. The largest absolute Gasteiger partial charge is 0.468 e. The van der Waals surface area contributed by atoms with Crippen molar-refractivity contribution >= 4 is 17.6 Å². The third-order valence-electron chi connectivity index (χ3n) is 4.06. The van der Waals surface area contributed by atoms with E-state index in [4.69, 9.17) is 0 Å². The second-order valence-electron chi connectivity index (χ2n) is 6.55. The average Bonchev–Trinajstić information content (AvgIpc) is 2.69. The summed E-state index contributed by atoms with van der Waals surface area (Å²) in [6.07, 6.45) is -2.27. The van der Waals surface area contributed by atoms with E-state index in [1.54, 1.807) is 26.0 Å². The third kappa shape index (κ3) is 7.02. The van der Waals surface area contributed by atoms with Crippen LogP contribution in [-0.2, 0) is 4.79 Å². The van der Waals surface area contributed by atoms with Gasteiger partial charge < -0.3 is 15.4 Å². The number of hydrogen-bond acceptors (Lipinski definition) is 5. The fraction of sp³-hybridized carbons (Fsp3) is 0.400. The topological polar surface area (TPSA) is 93.2 Å². The summed E-state index contributed by atoms with van der Waals surface area (Å²) < 4.78 is 41.3. The van der Waals surface area contributed by atoms with E-state index >= 15 is 0 Å². The lowest BCUT2D eigenvalue weighted by atomic mass is 10.1. The molecular weight excluding hydrogens is 401 g/mol. The van der Waals surface area contributed by atoms with Crippen LogP contribution in [0.15, 0.2) is 30.5 Å². The van der Waals surface area contributed by atoms with Gasteiger partial charge in [-0.2, -0.15) is 13.2 Å². The van der Waals surface area contributed by atoms with E-state index in [0.717, 1.165) is 0 Å². The van der Waals surface area contributed by atoms with Crippen molar-refractivity contribution in [2.75, 3.05) is 11.9 Å². The molecular formula is C20H23F3N4O3. The molecule has 2 aromatic heterocycles. The van der Waals surface area contributed by atoms with Crippen LogP contribution < -0.4 is 15.4 Å². The standard InChI is InChI=1S/C20H23F3N4O3/c1-4-15(13-6-7-18(24-10-13)30-11-20(21,22)23)26-19(29)14-8-12(3)25-16(9-14)27-17(28)5-2/h6-10,15H,4-5,11H2,1-3H3,(H,26,29)(H,25,27,28). The number of amides is 2. The summed E-state index contributed by atoms with van der Waals surface area (Å²) in [6.45, 7) is 3.84. The van der Waals surface area contributed by atoms with Crippen LogP contribution in [-0.4, -0.2) is 34.6 Å². The van der Waals surface area contributed by atoms with E-state index in [2.05, 4.69) is 25.3 Å². The monoisotopic (exact) mass is 424 g/mol. The molecule has 0 aliphatic carbocycles. The Labute approximate surface area is 172 Å². The fourth-order valence-corrected chi connectivity index (χ4v) is 2.60. The number of nitrogens with one attached hydrogen (secondary N) is 2. The molecule has 0 spiro atoms. The molecule has 0 saturated carbocycles. The Morgan fingerprint density at radius 1 is 1.20 bits per heavy atom. The minimum Gasteiger partial charge on any atom is -0.468 e. The van der Waals surface area contributed by atoms with Crippen LogP contribution in [0.2, 0.25) is 0 Å².